The zero-order chi connectivity index (χ0) is 52.3. The Balaban J connectivity index is 0.934. The van der Waals surface area contributed by atoms with Gasteiger partial charge in [0.05, 0.1) is 16.4 Å². The van der Waals surface area contributed by atoms with Gasteiger partial charge in [-0.2, -0.15) is 0 Å². The maximum atomic E-state index is 2.57. The summed E-state index contributed by atoms with van der Waals surface area (Å²) in [4.78, 5) is 0. The highest BCUT2D eigenvalue weighted by molar-refractivity contribution is 7.25. The maximum absolute atomic E-state index is 2.57. The fourth-order valence-corrected chi connectivity index (χ4v) is 14.6. The molecule has 2 atom stereocenters. The highest BCUT2D eigenvalue weighted by atomic mass is 32.1. The molecule has 0 spiro atoms. The van der Waals surface area contributed by atoms with Crippen molar-refractivity contribution < 1.29 is 0 Å². The molecule has 0 radical (unpaired) electrons. The smallest absolute Gasteiger partial charge is 0.0713 e. The standard InChI is InChI=1S/C77H55NS/c1-6-22-54(23-7-1)67(44-52-39-43-76-70(46-52)66-34-18-21-37-75(66)79-76)58-48-57(56-40-42-74-69(51-56)65-33-17-20-36-73(65)78(74)62-30-14-5-15-31-62)49-59(50-58)68(55-24-8-2-9-25-55)45-53-38-41-64-63-32-16-19-35-71(63)77(72(64)47-53,60-26-10-3-11-27-60)61-28-12-4-13-29-61/h1-43,46-51,67-68H,44-45H2/t67-,68+/m0/s1. The quantitative estimate of drug-likeness (QED) is 0.115. The second-order valence-electron chi connectivity index (χ2n) is 21.5. The second-order valence-corrected chi connectivity index (χ2v) is 22.6. The molecule has 0 bridgehead atoms. The van der Waals surface area contributed by atoms with E-state index in [1.54, 1.807) is 0 Å². The van der Waals surface area contributed by atoms with Crippen LogP contribution in [0.1, 0.15) is 67.5 Å². The van der Waals surface area contributed by atoms with E-state index in [0.717, 1.165) is 18.5 Å². The van der Waals surface area contributed by atoms with Crippen molar-refractivity contribution in [2.24, 2.45) is 0 Å². The molecule has 12 aromatic carbocycles. The Hall–Kier alpha value is -9.34. The van der Waals surface area contributed by atoms with Crippen LogP contribution < -0.4 is 0 Å². The molecule has 2 heterocycles. The monoisotopic (exact) mass is 1030 g/mol. The van der Waals surface area contributed by atoms with Gasteiger partial charge in [-0.25, -0.2) is 0 Å². The molecule has 0 saturated carbocycles. The van der Waals surface area contributed by atoms with Crippen LogP contribution in [0.25, 0.3) is 69.9 Å². The SMILES string of the molecule is c1ccc([C@@H](Cc2ccc3c(c2)C(c2ccccc2)(c2ccccc2)c2ccccc2-3)c2cc(-c3ccc4c(c3)c3ccccc3n4-c3ccccc3)cc([C@@H](Cc3ccc4sc5ccccc5c4c3)c3ccccc3)c2)cc1. The van der Waals surface area contributed by atoms with Crippen molar-refractivity contribution >= 4 is 53.3 Å². The third kappa shape index (κ3) is 8.05. The number of fused-ring (bicyclic) bond motifs is 9. The van der Waals surface area contributed by atoms with E-state index in [4.69, 9.17) is 0 Å². The van der Waals surface area contributed by atoms with Crippen LogP contribution in [0.2, 0.25) is 0 Å². The minimum absolute atomic E-state index is 0.0400. The topological polar surface area (TPSA) is 4.93 Å². The third-order valence-electron chi connectivity index (χ3n) is 17.1. The Morgan fingerprint density at radius 2 is 0.835 bits per heavy atom. The Bertz CT molecular complexity index is 4500. The molecule has 1 aliphatic rings. The van der Waals surface area contributed by atoms with E-state index >= 15 is 0 Å². The summed E-state index contributed by atoms with van der Waals surface area (Å²) in [7, 11) is 0. The Morgan fingerprint density at radius 3 is 1.52 bits per heavy atom. The van der Waals surface area contributed by atoms with E-state index in [-0.39, 0.29) is 11.8 Å². The van der Waals surface area contributed by atoms with Crippen molar-refractivity contribution in [2.45, 2.75) is 30.1 Å². The Morgan fingerprint density at radius 1 is 0.316 bits per heavy atom. The minimum atomic E-state index is -0.483. The van der Waals surface area contributed by atoms with E-state index in [1.165, 1.54) is 120 Å². The molecule has 0 aliphatic heterocycles. The lowest BCUT2D eigenvalue weighted by Crippen LogP contribution is -2.28. The van der Waals surface area contributed by atoms with Crippen molar-refractivity contribution in [1.82, 2.24) is 4.57 Å². The first-order valence-electron chi connectivity index (χ1n) is 27.7. The molecule has 2 aromatic heterocycles. The second kappa shape index (κ2) is 19.6. The Kier molecular flexibility index (Phi) is 11.6. The molecule has 0 saturated heterocycles. The third-order valence-corrected chi connectivity index (χ3v) is 18.2. The van der Waals surface area contributed by atoms with Crippen LogP contribution in [0.4, 0.5) is 0 Å². The molecule has 2 heteroatoms. The average Bonchev–Trinajstić information content (AvgIpc) is 4.21. The summed E-state index contributed by atoms with van der Waals surface area (Å²) in [6.07, 6.45) is 1.68. The van der Waals surface area contributed by atoms with Gasteiger partial charge >= 0.3 is 0 Å². The number of nitrogens with zero attached hydrogens (tertiary/aromatic N) is 1. The number of hydrogen-bond acceptors (Lipinski definition) is 1. The summed E-state index contributed by atoms with van der Waals surface area (Å²) < 4.78 is 5.08. The van der Waals surface area contributed by atoms with Crippen LogP contribution in [0.5, 0.6) is 0 Å². The fraction of sp³-hybridized carbons (Fsp3) is 0.0649. The molecule has 374 valence electrons. The first-order valence-corrected chi connectivity index (χ1v) is 28.6. The van der Waals surface area contributed by atoms with Crippen LogP contribution in [-0.2, 0) is 18.3 Å². The molecule has 0 amide bonds. The van der Waals surface area contributed by atoms with Crippen molar-refractivity contribution in [3.05, 3.63) is 353 Å². The predicted molar refractivity (Wildman–Crippen MR) is 333 cm³/mol. The summed E-state index contributed by atoms with van der Waals surface area (Å²) >= 11 is 1.89. The highest BCUT2D eigenvalue weighted by Gasteiger charge is 2.46. The van der Waals surface area contributed by atoms with Crippen molar-refractivity contribution in [3.8, 4) is 27.9 Å². The predicted octanol–water partition coefficient (Wildman–Crippen LogP) is 19.9. The van der Waals surface area contributed by atoms with Gasteiger partial charge in [-0.05, 0) is 139 Å². The Labute approximate surface area is 466 Å². The zero-order valence-corrected chi connectivity index (χ0v) is 44.5. The van der Waals surface area contributed by atoms with Gasteiger partial charge in [0.1, 0.15) is 0 Å². The summed E-state index contributed by atoms with van der Waals surface area (Å²) in [5.74, 6) is 0.122. The largest absolute Gasteiger partial charge is 0.309 e. The van der Waals surface area contributed by atoms with E-state index in [9.17, 15) is 0 Å². The number of thiophene rings is 1. The lowest BCUT2D eigenvalue weighted by molar-refractivity contribution is 0.757. The number of para-hydroxylation sites is 2. The van der Waals surface area contributed by atoms with Gasteiger partial charge in [-0.1, -0.05) is 249 Å². The van der Waals surface area contributed by atoms with Crippen LogP contribution in [0.15, 0.2) is 297 Å². The molecule has 1 aliphatic carbocycles. The normalized spacial score (nSPS) is 13.4. The van der Waals surface area contributed by atoms with Crippen molar-refractivity contribution in [3.63, 3.8) is 0 Å². The summed E-state index contributed by atoms with van der Waals surface area (Å²) in [6, 6.07) is 112. The molecule has 79 heavy (non-hydrogen) atoms. The fourth-order valence-electron chi connectivity index (χ4n) is 13.5. The number of rotatable bonds is 12. The number of hydrogen-bond donors (Lipinski definition) is 0. The van der Waals surface area contributed by atoms with E-state index in [0.29, 0.717) is 0 Å². The highest BCUT2D eigenvalue weighted by Crippen LogP contribution is 2.56. The molecule has 14 aromatic rings. The van der Waals surface area contributed by atoms with Gasteiger partial charge in [0.15, 0.2) is 0 Å². The van der Waals surface area contributed by atoms with Crippen LogP contribution in [0, 0.1) is 0 Å². The molecular formula is C77H55NS. The average molecular weight is 1030 g/mol. The van der Waals surface area contributed by atoms with E-state index in [2.05, 4.69) is 302 Å². The van der Waals surface area contributed by atoms with Gasteiger partial charge in [-0.3, -0.25) is 0 Å². The van der Waals surface area contributed by atoms with E-state index in [1.807, 2.05) is 11.3 Å². The molecule has 0 fully saturated rings. The van der Waals surface area contributed by atoms with Gasteiger partial charge < -0.3 is 4.57 Å². The summed E-state index contributed by atoms with van der Waals surface area (Å²) in [5.41, 5.74) is 21.3. The molecular weight excluding hydrogens is 971 g/mol. The van der Waals surface area contributed by atoms with Crippen LogP contribution >= 0.6 is 11.3 Å². The van der Waals surface area contributed by atoms with Gasteiger partial charge in [0, 0.05) is 48.5 Å². The van der Waals surface area contributed by atoms with Gasteiger partial charge in [0.2, 0.25) is 0 Å². The minimum Gasteiger partial charge on any atom is -0.309 e. The summed E-state index contributed by atoms with van der Waals surface area (Å²) in [6.45, 7) is 0. The number of aromatic nitrogens is 1. The zero-order valence-electron chi connectivity index (χ0n) is 43.7. The van der Waals surface area contributed by atoms with Gasteiger partial charge in [-0.15, -0.1) is 11.3 Å². The molecule has 15 rings (SSSR count). The molecule has 0 N–H and O–H groups in total. The first-order chi connectivity index (χ1) is 39.2. The van der Waals surface area contributed by atoms with Crippen molar-refractivity contribution in [2.75, 3.05) is 0 Å². The maximum Gasteiger partial charge on any atom is 0.0713 e. The van der Waals surface area contributed by atoms with Crippen molar-refractivity contribution in [1.29, 1.82) is 0 Å². The van der Waals surface area contributed by atoms with Crippen LogP contribution in [0.3, 0.4) is 0 Å². The summed E-state index contributed by atoms with van der Waals surface area (Å²) in [5, 5.41) is 5.17. The molecule has 0 unspecified atom stereocenters. The lowest BCUT2D eigenvalue weighted by atomic mass is 9.67. The van der Waals surface area contributed by atoms with E-state index < -0.39 is 5.41 Å². The molecule has 1 nitrogen and oxygen atoms in total. The lowest BCUT2D eigenvalue weighted by Gasteiger charge is -2.34. The van der Waals surface area contributed by atoms with Crippen LogP contribution in [-0.4, -0.2) is 4.57 Å². The number of benzene rings is 12. The van der Waals surface area contributed by atoms with Gasteiger partial charge in [0.25, 0.3) is 0 Å². The first kappa shape index (κ1) is 46.9.